The van der Waals surface area contributed by atoms with E-state index in [4.69, 9.17) is 0 Å². The molecule has 0 atom stereocenters. The average Bonchev–Trinajstić information content (AvgIpc) is 2.09. The summed E-state index contributed by atoms with van der Waals surface area (Å²) in [4.78, 5) is 20.4. The summed E-state index contributed by atoms with van der Waals surface area (Å²) in [5.74, 6) is -1.38. The van der Waals surface area contributed by atoms with Crippen LogP contribution in [0.5, 0.6) is 0 Å². The minimum atomic E-state index is -1.07. The predicted octanol–water partition coefficient (Wildman–Crippen LogP) is -0.208. The van der Waals surface area contributed by atoms with Crippen molar-refractivity contribution in [3.05, 3.63) is 0 Å². The third-order valence-corrected chi connectivity index (χ3v) is 1.24. The molecule has 0 aliphatic heterocycles. The molecule has 0 heterocycles. The minimum absolute atomic E-state index is 0.0109. The molecule has 0 saturated carbocycles. The number of carbonyl (C=O) groups is 2. The molecule has 5 heteroatoms. The zero-order chi connectivity index (χ0) is 13.2. The van der Waals surface area contributed by atoms with Crippen LogP contribution in [-0.4, -0.2) is 51.7 Å². The van der Waals surface area contributed by atoms with Crippen LogP contribution < -0.4 is 5.11 Å². The molecule has 0 unspecified atom stereocenters. The van der Waals surface area contributed by atoms with Gasteiger partial charge in [0, 0.05) is 12.4 Å². The highest BCUT2D eigenvalue weighted by Gasteiger charge is 1.98. The number of hydrogen-bond acceptors (Lipinski definition) is 4. The minimum Gasteiger partial charge on any atom is -0.550 e. The Balaban J connectivity index is 0. The van der Waals surface area contributed by atoms with E-state index in [-0.39, 0.29) is 18.8 Å². The molecular weight excluding hydrogens is 210 g/mol. The van der Waals surface area contributed by atoms with Gasteiger partial charge in [0.1, 0.15) is 0 Å². The summed E-state index contributed by atoms with van der Waals surface area (Å²) in [6, 6.07) is 0. The average molecular weight is 233 g/mol. The molecule has 0 aromatic rings. The Labute approximate surface area is 97.6 Å². The van der Waals surface area contributed by atoms with Crippen molar-refractivity contribution in [2.24, 2.45) is 0 Å². The number of esters is 1. The third-order valence-electron chi connectivity index (χ3n) is 1.24. The van der Waals surface area contributed by atoms with Gasteiger partial charge < -0.3 is 19.1 Å². The fourth-order valence-corrected chi connectivity index (χ4v) is 0.641. The second-order valence-electron chi connectivity index (χ2n) is 4.84. The fraction of sp³-hybridized carbons (Fsp3) is 0.818. The van der Waals surface area contributed by atoms with Gasteiger partial charge in [-0.2, -0.15) is 0 Å². The predicted molar refractivity (Wildman–Crippen MR) is 59.4 cm³/mol. The summed E-state index contributed by atoms with van der Waals surface area (Å²) >= 11 is 0. The number of carboxylic acid groups (broad SMARTS) is 1. The van der Waals surface area contributed by atoms with Gasteiger partial charge in [0.05, 0.1) is 35.3 Å². The second kappa shape index (κ2) is 9.15. The summed E-state index contributed by atoms with van der Waals surface area (Å²) in [6.45, 7) is 0. The van der Waals surface area contributed by atoms with Crippen LogP contribution >= 0.6 is 0 Å². The van der Waals surface area contributed by atoms with E-state index in [1.54, 1.807) is 0 Å². The molecule has 16 heavy (non-hydrogen) atoms. The van der Waals surface area contributed by atoms with Crippen molar-refractivity contribution < 1.29 is 23.9 Å². The first-order valence-corrected chi connectivity index (χ1v) is 5.22. The van der Waals surface area contributed by atoms with E-state index in [9.17, 15) is 14.7 Å². The molecule has 0 aliphatic carbocycles. The number of quaternary nitrogens is 1. The monoisotopic (exact) mass is 233 g/mol. The Hall–Kier alpha value is -1.10. The SMILES string of the molecule is COC(=O)CCCCC(=O)[O-].C[N+](C)(C)C. The van der Waals surface area contributed by atoms with Crippen LogP contribution in [-0.2, 0) is 14.3 Å². The third kappa shape index (κ3) is 29.3. The zero-order valence-corrected chi connectivity index (χ0v) is 10.9. The van der Waals surface area contributed by atoms with Crippen LogP contribution in [0.3, 0.4) is 0 Å². The highest BCUT2D eigenvalue weighted by atomic mass is 16.5. The van der Waals surface area contributed by atoms with Crippen LogP contribution in [0.15, 0.2) is 0 Å². The molecule has 0 aromatic carbocycles. The quantitative estimate of drug-likeness (QED) is 0.374. The van der Waals surface area contributed by atoms with Crippen molar-refractivity contribution in [2.75, 3.05) is 35.3 Å². The van der Waals surface area contributed by atoms with Gasteiger partial charge in [-0.05, 0) is 19.3 Å². The second-order valence-corrected chi connectivity index (χ2v) is 4.84. The summed E-state index contributed by atoms with van der Waals surface area (Å²) in [6.07, 6.45) is 1.30. The molecular formula is C11H23NO4. The van der Waals surface area contributed by atoms with E-state index in [0.29, 0.717) is 12.8 Å². The lowest BCUT2D eigenvalue weighted by Gasteiger charge is -2.14. The summed E-state index contributed by atoms with van der Waals surface area (Å²) in [5, 5.41) is 9.89. The van der Waals surface area contributed by atoms with Crippen LogP contribution in [0.4, 0.5) is 0 Å². The van der Waals surface area contributed by atoms with E-state index in [1.807, 2.05) is 0 Å². The lowest BCUT2D eigenvalue weighted by atomic mass is 10.2. The van der Waals surface area contributed by atoms with Crippen molar-refractivity contribution in [3.8, 4) is 0 Å². The molecule has 0 N–H and O–H groups in total. The molecule has 96 valence electrons. The van der Waals surface area contributed by atoms with Crippen LogP contribution in [0.2, 0.25) is 0 Å². The highest BCUT2D eigenvalue weighted by Crippen LogP contribution is 1.99. The maximum absolute atomic E-state index is 10.5. The molecule has 5 nitrogen and oxygen atoms in total. The molecule has 0 radical (unpaired) electrons. The van der Waals surface area contributed by atoms with Crippen molar-refractivity contribution in [3.63, 3.8) is 0 Å². The molecule has 0 spiro atoms. The van der Waals surface area contributed by atoms with Crippen LogP contribution in [0.1, 0.15) is 25.7 Å². The van der Waals surface area contributed by atoms with E-state index < -0.39 is 5.97 Å². The maximum atomic E-state index is 10.5. The molecule has 0 saturated heterocycles. The first-order chi connectivity index (χ1) is 7.16. The van der Waals surface area contributed by atoms with Crippen LogP contribution in [0.25, 0.3) is 0 Å². The number of ether oxygens (including phenoxy) is 1. The van der Waals surface area contributed by atoms with Gasteiger partial charge in [-0.15, -0.1) is 0 Å². The van der Waals surface area contributed by atoms with Gasteiger partial charge in [0.15, 0.2) is 0 Å². The molecule has 0 bridgehead atoms. The van der Waals surface area contributed by atoms with Gasteiger partial charge in [-0.3, -0.25) is 4.79 Å². The van der Waals surface area contributed by atoms with Crippen molar-refractivity contribution in [1.29, 1.82) is 0 Å². The summed E-state index contributed by atoms with van der Waals surface area (Å²) < 4.78 is 5.36. The normalized spacial score (nSPS) is 10.1. The first kappa shape index (κ1) is 17.3. The van der Waals surface area contributed by atoms with Gasteiger partial charge in [0.2, 0.25) is 0 Å². The number of rotatable bonds is 5. The molecule has 0 rings (SSSR count). The topological polar surface area (TPSA) is 66.4 Å². The van der Waals surface area contributed by atoms with Gasteiger partial charge in [-0.1, -0.05) is 0 Å². The lowest BCUT2D eigenvalue weighted by molar-refractivity contribution is -0.849. The fourth-order valence-electron chi connectivity index (χ4n) is 0.641. The Morgan fingerprint density at radius 1 is 1.06 bits per heavy atom. The summed E-state index contributed by atoms with van der Waals surface area (Å²) in [7, 11) is 9.81. The highest BCUT2D eigenvalue weighted by molar-refractivity contribution is 5.69. The lowest BCUT2D eigenvalue weighted by Crippen LogP contribution is -2.27. The smallest absolute Gasteiger partial charge is 0.305 e. The number of carboxylic acids is 1. The summed E-state index contributed by atoms with van der Waals surface area (Å²) in [5.41, 5.74) is 0. The van der Waals surface area contributed by atoms with E-state index >= 15 is 0 Å². The number of hydrogen-bond donors (Lipinski definition) is 0. The molecule has 0 amide bonds. The number of aliphatic carboxylic acids is 1. The van der Waals surface area contributed by atoms with Crippen molar-refractivity contribution in [2.45, 2.75) is 25.7 Å². The Kier molecular flexibility index (Phi) is 9.89. The number of unbranched alkanes of at least 4 members (excludes halogenated alkanes) is 1. The first-order valence-electron chi connectivity index (χ1n) is 5.22. The molecule has 0 aliphatic rings. The van der Waals surface area contributed by atoms with Crippen molar-refractivity contribution >= 4 is 11.9 Å². The number of nitrogens with zero attached hydrogens (tertiary/aromatic N) is 1. The number of methoxy groups -OCH3 is 1. The van der Waals surface area contributed by atoms with E-state index in [0.717, 1.165) is 4.48 Å². The van der Waals surface area contributed by atoms with E-state index in [2.05, 4.69) is 32.9 Å². The number of carbonyl (C=O) groups excluding carboxylic acids is 2. The van der Waals surface area contributed by atoms with Gasteiger partial charge in [0.25, 0.3) is 0 Å². The van der Waals surface area contributed by atoms with Crippen molar-refractivity contribution in [1.82, 2.24) is 0 Å². The molecule has 0 fully saturated rings. The van der Waals surface area contributed by atoms with Gasteiger partial charge >= 0.3 is 5.97 Å². The van der Waals surface area contributed by atoms with Crippen LogP contribution in [0, 0.1) is 0 Å². The van der Waals surface area contributed by atoms with E-state index in [1.165, 1.54) is 7.11 Å². The Morgan fingerprint density at radius 3 is 1.75 bits per heavy atom. The molecule has 0 aromatic heterocycles. The van der Waals surface area contributed by atoms with Gasteiger partial charge in [-0.25, -0.2) is 0 Å². The largest absolute Gasteiger partial charge is 0.550 e. The Morgan fingerprint density at radius 2 is 1.44 bits per heavy atom. The Bertz CT molecular complexity index is 203. The zero-order valence-electron chi connectivity index (χ0n) is 10.9. The standard InChI is InChI=1S/C7H12O4.C4H12N/c1-11-7(10)5-3-2-4-6(8)9;1-5(2,3)4/h2-5H2,1H3,(H,8,9);1-4H3/q;+1/p-1. The maximum Gasteiger partial charge on any atom is 0.305 e.